The number of aromatic amines is 1. The lowest BCUT2D eigenvalue weighted by Gasteiger charge is -2.22. The second kappa shape index (κ2) is 9.26. The van der Waals surface area contributed by atoms with Crippen LogP contribution < -0.4 is 20.7 Å². The van der Waals surface area contributed by atoms with Crippen LogP contribution in [0, 0.1) is 0 Å². The molecule has 10 heteroatoms. The number of nitrogens with zero attached hydrogens (tertiary/aromatic N) is 3. The van der Waals surface area contributed by atoms with Crippen molar-refractivity contribution in [3.8, 4) is 23.1 Å². The zero-order valence-corrected chi connectivity index (χ0v) is 18.9. The third-order valence-corrected chi connectivity index (χ3v) is 5.51. The highest BCUT2D eigenvalue weighted by Crippen LogP contribution is 2.38. The fraction of sp³-hybridized carbons (Fsp3) is 0.250. The van der Waals surface area contributed by atoms with Crippen LogP contribution in [0.2, 0.25) is 0 Å². The van der Waals surface area contributed by atoms with Gasteiger partial charge in [-0.05, 0) is 25.1 Å². The SMILES string of the molecule is CCOc1ccccc1C1CC(c2c(O)n(-c3ccccc3OC)c(=O)[nH]c2=O)=NN1C(C)=O. The van der Waals surface area contributed by atoms with Gasteiger partial charge in [0.15, 0.2) is 0 Å². The molecule has 4 rings (SSSR count). The molecule has 0 saturated heterocycles. The highest BCUT2D eigenvalue weighted by molar-refractivity contribution is 6.04. The van der Waals surface area contributed by atoms with Crippen molar-refractivity contribution in [3.05, 3.63) is 80.5 Å². The van der Waals surface area contributed by atoms with Gasteiger partial charge in [0, 0.05) is 18.9 Å². The molecule has 1 aliphatic rings. The molecular weight excluding hydrogens is 440 g/mol. The minimum atomic E-state index is -0.837. The highest BCUT2D eigenvalue weighted by Gasteiger charge is 2.36. The van der Waals surface area contributed by atoms with Crippen LogP contribution in [0.5, 0.6) is 17.4 Å². The number of hydrogen-bond acceptors (Lipinski definition) is 7. The Morgan fingerprint density at radius 1 is 1.15 bits per heavy atom. The molecule has 10 nitrogen and oxygen atoms in total. The predicted molar refractivity (Wildman–Crippen MR) is 125 cm³/mol. The summed E-state index contributed by atoms with van der Waals surface area (Å²) >= 11 is 0. The molecule has 0 saturated carbocycles. The molecular formula is C24H24N4O6. The summed E-state index contributed by atoms with van der Waals surface area (Å²) in [4.78, 5) is 40.1. The van der Waals surface area contributed by atoms with Gasteiger partial charge >= 0.3 is 5.69 Å². The number of benzene rings is 2. The number of carbonyl (C=O) groups is 1. The molecule has 1 unspecified atom stereocenters. The van der Waals surface area contributed by atoms with Crippen molar-refractivity contribution in [3.63, 3.8) is 0 Å². The van der Waals surface area contributed by atoms with Gasteiger partial charge in [0.2, 0.25) is 11.8 Å². The van der Waals surface area contributed by atoms with E-state index in [0.717, 1.165) is 4.57 Å². The van der Waals surface area contributed by atoms with Crippen LogP contribution in [0.3, 0.4) is 0 Å². The molecule has 0 fully saturated rings. The molecule has 0 spiro atoms. The summed E-state index contributed by atoms with van der Waals surface area (Å²) in [5.41, 5.74) is -0.731. The summed E-state index contributed by atoms with van der Waals surface area (Å²) in [6.45, 7) is 3.65. The predicted octanol–water partition coefficient (Wildman–Crippen LogP) is 2.34. The van der Waals surface area contributed by atoms with Gasteiger partial charge in [-0.3, -0.25) is 14.6 Å². The van der Waals surface area contributed by atoms with E-state index in [2.05, 4.69) is 10.1 Å². The first-order chi connectivity index (χ1) is 16.4. The van der Waals surface area contributed by atoms with E-state index in [9.17, 15) is 19.5 Å². The van der Waals surface area contributed by atoms with Crippen molar-refractivity contribution in [2.75, 3.05) is 13.7 Å². The first kappa shape index (κ1) is 22.8. The number of aromatic nitrogens is 2. The lowest BCUT2D eigenvalue weighted by molar-refractivity contribution is -0.130. The summed E-state index contributed by atoms with van der Waals surface area (Å²) in [5.74, 6) is -0.0329. The quantitative estimate of drug-likeness (QED) is 0.577. The molecule has 1 aliphatic heterocycles. The number of hydrogen-bond donors (Lipinski definition) is 2. The van der Waals surface area contributed by atoms with Crippen molar-refractivity contribution < 1.29 is 19.4 Å². The van der Waals surface area contributed by atoms with Gasteiger partial charge in [0.05, 0.1) is 31.2 Å². The van der Waals surface area contributed by atoms with Crippen molar-refractivity contribution in [1.29, 1.82) is 0 Å². The Bertz CT molecular complexity index is 1390. The Morgan fingerprint density at radius 2 is 1.82 bits per heavy atom. The smallest absolute Gasteiger partial charge is 0.335 e. The molecule has 2 N–H and O–H groups in total. The van der Waals surface area contributed by atoms with Crippen LogP contribution in [0.15, 0.2) is 63.2 Å². The molecule has 1 amide bonds. The van der Waals surface area contributed by atoms with Crippen molar-refractivity contribution >= 4 is 11.6 Å². The minimum absolute atomic E-state index is 0.129. The minimum Gasteiger partial charge on any atom is -0.495 e. The summed E-state index contributed by atoms with van der Waals surface area (Å²) < 4.78 is 12.0. The van der Waals surface area contributed by atoms with E-state index in [0.29, 0.717) is 23.7 Å². The number of amides is 1. The Kier molecular flexibility index (Phi) is 6.22. The third kappa shape index (κ3) is 3.94. The van der Waals surface area contributed by atoms with Crippen LogP contribution in [-0.4, -0.2) is 45.0 Å². The topological polar surface area (TPSA) is 126 Å². The normalized spacial score (nSPS) is 15.2. The second-order valence-corrected chi connectivity index (χ2v) is 7.57. The standard InChI is InChI=1S/C24H24N4O6/c1-4-34-19-11-7-5-9-15(19)18-13-16(26-28(18)14(2)29)21-22(30)25-24(32)27(23(21)31)17-10-6-8-12-20(17)33-3/h5-12,18,31H,4,13H2,1-3H3,(H,25,30,32). The summed E-state index contributed by atoms with van der Waals surface area (Å²) in [6.07, 6.45) is 0.129. The molecule has 176 valence electrons. The van der Waals surface area contributed by atoms with Gasteiger partial charge in [-0.25, -0.2) is 14.4 Å². The van der Waals surface area contributed by atoms with Crippen molar-refractivity contribution in [2.24, 2.45) is 5.10 Å². The lowest BCUT2D eigenvalue weighted by atomic mass is 9.98. The molecule has 0 bridgehead atoms. The molecule has 2 heterocycles. The number of para-hydroxylation sites is 3. The monoisotopic (exact) mass is 464 g/mol. The fourth-order valence-corrected chi connectivity index (χ4v) is 4.06. The van der Waals surface area contributed by atoms with Gasteiger partial charge in [-0.1, -0.05) is 30.3 Å². The zero-order valence-electron chi connectivity index (χ0n) is 18.9. The van der Waals surface area contributed by atoms with E-state index >= 15 is 0 Å². The zero-order chi connectivity index (χ0) is 24.4. The van der Waals surface area contributed by atoms with Crippen LogP contribution >= 0.6 is 0 Å². The van der Waals surface area contributed by atoms with Crippen LogP contribution in [0.25, 0.3) is 5.69 Å². The number of ether oxygens (including phenoxy) is 2. The molecule has 0 radical (unpaired) electrons. The van der Waals surface area contributed by atoms with Crippen LogP contribution in [0.4, 0.5) is 0 Å². The first-order valence-electron chi connectivity index (χ1n) is 10.7. The number of methoxy groups -OCH3 is 1. The van der Waals surface area contributed by atoms with E-state index in [4.69, 9.17) is 9.47 Å². The van der Waals surface area contributed by atoms with E-state index in [1.165, 1.54) is 19.0 Å². The molecule has 1 aromatic heterocycles. The number of H-pyrrole nitrogens is 1. The maximum Gasteiger partial charge on any atom is 0.335 e. The Labute approximate surface area is 194 Å². The van der Waals surface area contributed by atoms with E-state index in [-0.39, 0.29) is 29.3 Å². The summed E-state index contributed by atoms with van der Waals surface area (Å²) in [7, 11) is 1.43. The second-order valence-electron chi connectivity index (χ2n) is 7.57. The summed E-state index contributed by atoms with van der Waals surface area (Å²) in [6, 6.07) is 13.3. The first-order valence-corrected chi connectivity index (χ1v) is 10.7. The Hall–Kier alpha value is -4.34. The maximum absolute atomic E-state index is 12.8. The Balaban J connectivity index is 1.86. The van der Waals surface area contributed by atoms with Gasteiger partial charge < -0.3 is 14.6 Å². The van der Waals surface area contributed by atoms with E-state index in [1.54, 1.807) is 30.3 Å². The van der Waals surface area contributed by atoms with Crippen LogP contribution in [-0.2, 0) is 4.79 Å². The Morgan fingerprint density at radius 3 is 2.50 bits per heavy atom. The molecule has 1 atom stereocenters. The molecule has 0 aliphatic carbocycles. The number of nitrogens with one attached hydrogen (secondary N) is 1. The maximum atomic E-state index is 12.8. The van der Waals surface area contributed by atoms with Crippen molar-refractivity contribution in [1.82, 2.24) is 14.6 Å². The van der Waals surface area contributed by atoms with Gasteiger partial charge in [0.25, 0.3) is 5.56 Å². The lowest BCUT2D eigenvalue weighted by Crippen LogP contribution is -2.33. The highest BCUT2D eigenvalue weighted by atomic mass is 16.5. The van der Waals surface area contributed by atoms with Crippen LogP contribution in [0.1, 0.15) is 37.4 Å². The summed E-state index contributed by atoms with van der Waals surface area (Å²) in [5, 5.41) is 16.7. The number of rotatable bonds is 6. The van der Waals surface area contributed by atoms with E-state index < -0.39 is 23.2 Å². The van der Waals surface area contributed by atoms with Crippen molar-refractivity contribution in [2.45, 2.75) is 26.3 Å². The van der Waals surface area contributed by atoms with Gasteiger partial charge in [-0.15, -0.1) is 0 Å². The number of aromatic hydroxyl groups is 1. The average Bonchev–Trinajstić information content (AvgIpc) is 3.25. The number of carbonyl (C=O) groups excluding carboxylic acids is 1. The third-order valence-electron chi connectivity index (χ3n) is 5.51. The van der Waals surface area contributed by atoms with Gasteiger partial charge in [0.1, 0.15) is 17.1 Å². The number of hydrazone groups is 1. The average molecular weight is 464 g/mol. The molecule has 2 aromatic carbocycles. The largest absolute Gasteiger partial charge is 0.495 e. The molecule has 3 aromatic rings. The van der Waals surface area contributed by atoms with Gasteiger partial charge in [-0.2, -0.15) is 5.10 Å². The van der Waals surface area contributed by atoms with E-state index in [1.807, 2.05) is 25.1 Å². The fourth-order valence-electron chi connectivity index (χ4n) is 4.06. The molecule has 34 heavy (non-hydrogen) atoms.